The Labute approximate surface area is 360 Å². The first-order chi connectivity index (χ1) is 29.3. The van der Waals surface area contributed by atoms with Crippen LogP contribution in [0.5, 0.6) is 5.75 Å². The average molecular weight is 865 g/mol. The van der Waals surface area contributed by atoms with Gasteiger partial charge in [0, 0.05) is 51.0 Å². The average Bonchev–Trinajstić information content (AvgIpc) is 3.97. The number of anilines is 1. The molecule has 1 aromatic carbocycles. The van der Waals surface area contributed by atoms with Crippen LogP contribution >= 0.6 is 0 Å². The molecule has 0 aliphatic rings. The fourth-order valence-corrected chi connectivity index (χ4v) is 7.89. The molecule has 0 atom stereocenters. The van der Waals surface area contributed by atoms with Gasteiger partial charge in [-0.25, -0.2) is 15.0 Å². The van der Waals surface area contributed by atoms with E-state index in [1.54, 1.807) is 38.2 Å². The molecule has 5 N–H and O–H groups in total. The Kier molecular flexibility index (Phi) is 13.3. The largest absolute Gasteiger partial charge is 0.491 e. The van der Waals surface area contributed by atoms with Gasteiger partial charge in [-0.2, -0.15) is 10.2 Å². The number of nitrogens with two attached hydrogens (primary N) is 2. The van der Waals surface area contributed by atoms with E-state index in [9.17, 15) is 19.2 Å². The van der Waals surface area contributed by atoms with E-state index in [2.05, 4.69) is 59.3 Å². The zero-order valence-electron chi connectivity index (χ0n) is 36.9. The zero-order chi connectivity index (χ0) is 45.1. The summed E-state index contributed by atoms with van der Waals surface area (Å²) in [6.45, 7) is 20.6. The number of nitrogens with zero attached hydrogens (tertiary/aromatic N) is 9. The number of hydrogen-bond acceptors (Lipinski definition) is 11. The van der Waals surface area contributed by atoms with Crippen LogP contribution < -0.4 is 21.5 Å². The molecule has 0 saturated carbocycles. The predicted molar refractivity (Wildman–Crippen MR) is 238 cm³/mol. The SMILES string of the molecule is CCn1nc(C)cc1C(=O)Cc1nc2cc(C(N)=O)cc(OCCCO[Si](C)(C)C(C)(C)C)c2n1C/C=C/Cn1c(NC(=O)c2cc(C)nn2CC)nc2cc(C(N)=O)cnc21. The van der Waals surface area contributed by atoms with Crippen molar-refractivity contribution in [3.8, 4) is 5.75 Å². The van der Waals surface area contributed by atoms with E-state index in [-0.39, 0.29) is 47.4 Å². The summed E-state index contributed by atoms with van der Waals surface area (Å²) in [5.41, 5.74) is 15.7. The number of Topliss-reactive ketones (excluding diaryl/α,β-unsaturated/α-hetero) is 1. The number of rotatable bonds is 19. The number of imidazole rings is 2. The summed E-state index contributed by atoms with van der Waals surface area (Å²) in [6, 6.07) is 8.18. The molecule has 19 heteroatoms. The van der Waals surface area contributed by atoms with E-state index in [4.69, 9.17) is 25.6 Å². The van der Waals surface area contributed by atoms with Crippen molar-refractivity contribution in [1.29, 1.82) is 0 Å². The van der Waals surface area contributed by atoms with E-state index in [1.807, 2.05) is 44.4 Å². The smallest absolute Gasteiger partial charge is 0.276 e. The fraction of sp³-hybridized carbons (Fsp3) is 0.419. The Morgan fingerprint density at radius 1 is 0.806 bits per heavy atom. The Balaban J connectivity index is 1.35. The van der Waals surface area contributed by atoms with Gasteiger partial charge in [0.15, 0.2) is 19.7 Å². The zero-order valence-corrected chi connectivity index (χ0v) is 37.9. The Morgan fingerprint density at radius 3 is 2.05 bits per heavy atom. The van der Waals surface area contributed by atoms with Crippen LogP contribution in [0.2, 0.25) is 18.1 Å². The van der Waals surface area contributed by atoms with Gasteiger partial charge in [-0.3, -0.25) is 38.4 Å². The lowest BCUT2D eigenvalue weighted by Gasteiger charge is -2.36. The second kappa shape index (κ2) is 18.2. The van der Waals surface area contributed by atoms with Gasteiger partial charge >= 0.3 is 0 Å². The van der Waals surface area contributed by atoms with Crippen LogP contribution in [-0.2, 0) is 37.0 Å². The maximum Gasteiger partial charge on any atom is 0.276 e. The summed E-state index contributed by atoms with van der Waals surface area (Å²) in [6.07, 6.45) is 5.65. The lowest BCUT2D eigenvalue weighted by Crippen LogP contribution is -2.41. The van der Waals surface area contributed by atoms with Crippen LogP contribution in [0, 0.1) is 13.8 Å². The third-order valence-corrected chi connectivity index (χ3v) is 15.6. The lowest BCUT2D eigenvalue weighted by molar-refractivity contribution is 0.0975. The Hall–Kier alpha value is -6.47. The van der Waals surface area contributed by atoms with Crippen molar-refractivity contribution >= 4 is 60.0 Å². The second-order valence-electron chi connectivity index (χ2n) is 16.6. The van der Waals surface area contributed by atoms with Crippen molar-refractivity contribution in [1.82, 2.24) is 43.6 Å². The number of hydrogen-bond donors (Lipinski definition) is 3. The van der Waals surface area contributed by atoms with Crippen LogP contribution in [0.25, 0.3) is 22.2 Å². The molecular formula is C43H56N12O6Si. The number of fused-ring (bicyclic) bond motifs is 2. The molecule has 0 aliphatic carbocycles. The minimum absolute atomic E-state index is 0.0567. The highest BCUT2D eigenvalue weighted by Gasteiger charge is 2.37. The normalized spacial score (nSPS) is 12.2. The molecule has 3 amide bonds. The van der Waals surface area contributed by atoms with Crippen molar-refractivity contribution in [3.63, 3.8) is 0 Å². The van der Waals surface area contributed by atoms with E-state index < -0.39 is 26.0 Å². The quantitative estimate of drug-likeness (QED) is 0.0384. The molecule has 0 bridgehead atoms. The molecule has 0 spiro atoms. The number of allylic oxidation sites excluding steroid dienone is 2. The molecule has 0 unspecified atom stereocenters. The first-order valence-corrected chi connectivity index (χ1v) is 23.6. The van der Waals surface area contributed by atoms with Gasteiger partial charge in [0.25, 0.3) is 5.91 Å². The number of carbonyl (C=O) groups is 4. The summed E-state index contributed by atoms with van der Waals surface area (Å²) >= 11 is 0. The molecule has 18 nitrogen and oxygen atoms in total. The fourth-order valence-electron chi connectivity index (χ4n) is 6.80. The summed E-state index contributed by atoms with van der Waals surface area (Å²) in [5, 5.41) is 11.8. The highest BCUT2D eigenvalue weighted by molar-refractivity contribution is 6.74. The standard InChI is InChI=1S/C43H56N12O6Si/c1-10-54-32(19-26(3)50-54)34(56)24-36-47-30-21-28(38(44)57)23-35(60-17-14-18-61-62(8,9)43(5,6)7)37(30)52(36)15-12-13-16-53-40-31(22-29(25-46-40)39(45)58)48-42(53)49-41(59)33-20-27(4)51-55(33)11-2/h12-13,19-23,25H,10-11,14-18,24H2,1-9H3,(H2,44,57)(H2,45,58)(H,48,49,59)/b13-12+. The van der Waals surface area contributed by atoms with Gasteiger partial charge in [0.2, 0.25) is 17.8 Å². The maximum atomic E-state index is 13.9. The molecule has 0 aliphatic heterocycles. The van der Waals surface area contributed by atoms with Gasteiger partial charge in [0.05, 0.1) is 35.5 Å². The minimum Gasteiger partial charge on any atom is -0.491 e. The number of aromatic nitrogens is 9. The highest BCUT2D eigenvalue weighted by Crippen LogP contribution is 2.37. The van der Waals surface area contributed by atoms with Crippen LogP contribution in [0.15, 0.2) is 48.7 Å². The lowest BCUT2D eigenvalue weighted by atomic mass is 10.1. The van der Waals surface area contributed by atoms with Crippen molar-refractivity contribution in [2.24, 2.45) is 11.5 Å². The summed E-state index contributed by atoms with van der Waals surface area (Å²) in [7, 11) is -1.98. The number of ether oxygens (including phenoxy) is 1. The third-order valence-electron chi connectivity index (χ3n) is 11.1. The van der Waals surface area contributed by atoms with Crippen molar-refractivity contribution in [2.75, 3.05) is 18.5 Å². The number of aryl methyl sites for hydroxylation is 4. The third kappa shape index (κ3) is 9.68. The van der Waals surface area contributed by atoms with Crippen molar-refractivity contribution in [3.05, 3.63) is 88.4 Å². The first kappa shape index (κ1) is 45.1. The van der Waals surface area contributed by atoms with Crippen LogP contribution in [0.1, 0.15) is 99.9 Å². The van der Waals surface area contributed by atoms with Crippen LogP contribution in [0.4, 0.5) is 5.95 Å². The van der Waals surface area contributed by atoms with Crippen molar-refractivity contribution in [2.45, 2.75) is 106 Å². The number of primary amides is 2. The van der Waals surface area contributed by atoms with Crippen LogP contribution in [0.3, 0.4) is 0 Å². The molecule has 5 heterocycles. The number of pyridine rings is 1. The number of ketones is 1. The number of benzene rings is 1. The Bertz CT molecular complexity index is 2700. The molecule has 62 heavy (non-hydrogen) atoms. The molecule has 0 saturated heterocycles. The minimum atomic E-state index is -1.98. The molecule has 6 rings (SSSR count). The summed E-state index contributed by atoms with van der Waals surface area (Å²) in [5.74, 6) is -0.888. The van der Waals surface area contributed by atoms with E-state index in [0.29, 0.717) is 83.6 Å². The van der Waals surface area contributed by atoms with Crippen LogP contribution in [-0.4, -0.2) is 88.7 Å². The monoisotopic (exact) mass is 864 g/mol. The van der Waals surface area contributed by atoms with Gasteiger partial charge < -0.3 is 25.2 Å². The van der Waals surface area contributed by atoms with Crippen molar-refractivity contribution < 1.29 is 28.3 Å². The molecule has 328 valence electrons. The van der Waals surface area contributed by atoms with Gasteiger partial charge in [-0.05, 0) is 76.2 Å². The molecule has 6 aromatic rings. The molecular weight excluding hydrogens is 809 g/mol. The molecule has 0 radical (unpaired) electrons. The second-order valence-corrected chi connectivity index (χ2v) is 21.4. The number of amides is 3. The highest BCUT2D eigenvalue weighted by atomic mass is 28.4. The van der Waals surface area contributed by atoms with E-state index >= 15 is 0 Å². The summed E-state index contributed by atoms with van der Waals surface area (Å²) in [4.78, 5) is 66.0. The Morgan fingerprint density at radius 2 is 1.42 bits per heavy atom. The maximum absolute atomic E-state index is 13.9. The number of carbonyl (C=O) groups excluding carboxylic acids is 4. The van der Waals surface area contributed by atoms with E-state index in [1.165, 1.54) is 12.3 Å². The first-order valence-electron chi connectivity index (χ1n) is 20.7. The molecule has 5 aromatic heterocycles. The van der Waals surface area contributed by atoms with Gasteiger partial charge in [-0.15, -0.1) is 0 Å². The topological polar surface area (TPSA) is 235 Å². The van der Waals surface area contributed by atoms with E-state index in [0.717, 1.165) is 5.69 Å². The summed E-state index contributed by atoms with van der Waals surface area (Å²) < 4.78 is 19.6. The predicted octanol–water partition coefficient (Wildman–Crippen LogP) is 5.75. The number of nitrogens with one attached hydrogen (secondary N) is 1. The van der Waals surface area contributed by atoms with Gasteiger partial charge in [-0.1, -0.05) is 32.9 Å². The molecule has 0 fully saturated rings. The van der Waals surface area contributed by atoms with Gasteiger partial charge in [0.1, 0.15) is 34.0 Å².